The van der Waals surface area contributed by atoms with Crippen molar-refractivity contribution in [3.8, 4) is 0 Å². The van der Waals surface area contributed by atoms with Crippen molar-refractivity contribution < 1.29 is 44.7 Å². The third kappa shape index (κ3) is 7.20. The van der Waals surface area contributed by atoms with E-state index in [1.807, 2.05) is 29.0 Å². The number of aryl methyl sites for hydroxylation is 2. The SMILES string of the molecule is Cc1nn(C)c(Cl)c1S(=O)(=O)N[C@@H](Cc1ccc(C2CC(=O)NS2(=O)=O)cc1)c1nc2ccccc2[nH]1.O=C(O)C(F)(F)F. The number of H-pyrrole nitrogens is 1. The molecule has 1 saturated heterocycles. The van der Waals surface area contributed by atoms with Gasteiger partial charge in [0.1, 0.15) is 21.1 Å². The highest BCUT2D eigenvalue weighted by Crippen LogP contribution is 2.31. The van der Waals surface area contributed by atoms with Gasteiger partial charge in [0.05, 0.1) is 29.2 Å². The number of para-hydroxylation sites is 2. The molecule has 4 N–H and O–H groups in total. The summed E-state index contributed by atoms with van der Waals surface area (Å²) in [5.41, 5.74) is 2.88. The van der Waals surface area contributed by atoms with Crippen LogP contribution in [0.3, 0.4) is 0 Å². The number of hydrogen-bond acceptors (Lipinski definition) is 8. The van der Waals surface area contributed by atoms with E-state index >= 15 is 0 Å². The van der Waals surface area contributed by atoms with Crippen LogP contribution >= 0.6 is 11.6 Å². The van der Waals surface area contributed by atoms with E-state index in [1.54, 1.807) is 38.2 Å². The minimum absolute atomic E-state index is 0.0151. The summed E-state index contributed by atoms with van der Waals surface area (Å²) in [6, 6.07) is 13.2. The minimum atomic E-state index is -5.08. The second-order valence-electron chi connectivity index (χ2n) is 9.65. The summed E-state index contributed by atoms with van der Waals surface area (Å²) in [5, 5.41) is 10.3. The van der Waals surface area contributed by atoms with Crippen molar-refractivity contribution in [2.45, 2.75) is 42.1 Å². The summed E-state index contributed by atoms with van der Waals surface area (Å²) in [5.74, 6) is -2.90. The summed E-state index contributed by atoms with van der Waals surface area (Å²) in [7, 11) is -6.31. The number of halogens is 4. The number of aliphatic carboxylic acids is 1. The van der Waals surface area contributed by atoms with Gasteiger partial charge in [-0.2, -0.15) is 23.0 Å². The van der Waals surface area contributed by atoms with Crippen LogP contribution in [0.2, 0.25) is 5.15 Å². The van der Waals surface area contributed by atoms with Gasteiger partial charge in [0.2, 0.25) is 26.0 Å². The number of aromatic nitrogens is 4. The molecule has 1 unspecified atom stereocenters. The molecule has 236 valence electrons. The largest absolute Gasteiger partial charge is 0.490 e. The van der Waals surface area contributed by atoms with Crippen LogP contribution < -0.4 is 9.44 Å². The lowest BCUT2D eigenvalue weighted by molar-refractivity contribution is -0.192. The van der Waals surface area contributed by atoms with Crippen LogP contribution in [-0.2, 0) is 43.1 Å². The Morgan fingerprint density at radius 2 is 1.82 bits per heavy atom. The first-order chi connectivity index (χ1) is 20.4. The maximum Gasteiger partial charge on any atom is 0.490 e. The summed E-state index contributed by atoms with van der Waals surface area (Å²) < 4.78 is 89.0. The molecule has 0 spiro atoms. The molecule has 44 heavy (non-hydrogen) atoms. The van der Waals surface area contributed by atoms with Crippen molar-refractivity contribution in [3.05, 3.63) is 76.3 Å². The van der Waals surface area contributed by atoms with Gasteiger partial charge in [0, 0.05) is 7.05 Å². The lowest BCUT2D eigenvalue weighted by Crippen LogP contribution is -2.31. The van der Waals surface area contributed by atoms with Crippen LogP contribution in [0.1, 0.15) is 40.4 Å². The van der Waals surface area contributed by atoms with Gasteiger partial charge >= 0.3 is 12.1 Å². The topological polar surface area (TPSA) is 193 Å². The van der Waals surface area contributed by atoms with Gasteiger partial charge in [-0.1, -0.05) is 48.0 Å². The molecule has 5 rings (SSSR count). The Labute approximate surface area is 253 Å². The number of carbonyl (C=O) groups excluding carboxylic acids is 1. The third-order valence-corrected chi connectivity index (χ3v) is 10.3. The summed E-state index contributed by atoms with van der Waals surface area (Å²) in [4.78, 5) is 28.1. The Balaban J connectivity index is 0.000000566. The monoisotopic (exact) mass is 676 g/mol. The average molecular weight is 677 g/mol. The molecule has 0 saturated carbocycles. The van der Waals surface area contributed by atoms with Crippen LogP contribution in [0.25, 0.3) is 11.0 Å². The molecule has 1 aliphatic rings. The number of carboxylic acids is 1. The molecule has 2 aromatic heterocycles. The third-order valence-electron chi connectivity index (χ3n) is 6.44. The molecule has 3 heterocycles. The van der Waals surface area contributed by atoms with Crippen molar-refractivity contribution >= 4 is 54.6 Å². The smallest absolute Gasteiger partial charge is 0.475 e. The zero-order valence-corrected chi connectivity index (χ0v) is 25.1. The van der Waals surface area contributed by atoms with Gasteiger partial charge in [0.25, 0.3) is 0 Å². The quantitative estimate of drug-likeness (QED) is 0.228. The molecular formula is C25H24ClF3N6O7S2. The van der Waals surface area contributed by atoms with Crippen LogP contribution in [-0.4, -0.2) is 59.7 Å². The normalized spacial score (nSPS) is 17.1. The number of nitrogens with zero attached hydrogens (tertiary/aromatic N) is 3. The number of benzene rings is 2. The maximum atomic E-state index is 13.4. The van der Waals surface area contributed by atoms with Gasteiger partial charge in [-0.25, -0.2) is 26.6 Å². The van der Waals surface area contributed by atoms with Crippen LogP contribution in [0.15, 0.2) is 53.4 Å². The number of carboxylic acid groups (broad SMARTS) is 1. The number of hydrogen-bond donors (Lipinski definition) is 4. The zero-order chi connectivity index (χ0) is 32.6. The molecule has 2 aromatic carbocycles. The number of carbonyl (C=O) groups is 2. The number of rotatable bonds is 7. The first kappa shape index (κ1) is 32.9. The second-order valence-corrected chi connectivity index (χ2v) is 13.5. The van der Waals surface area contributed by atoms with Gasteiger partial charge in [-0.05, 0) is 36.6 Å². The Morgan fingerprint density at radius 3 is 2.32 bits per heavy atom. The standard InChI is InChI=1S/C23H23ClN6O5S2.C2HF3O2/c1-13-21(22(24)30(2)27-13)37(34,35)28-18(23-25-16-5-3-4-6-17(16)26-23)11-14-7-9-15(10-8-14)19-12-20(31)29-36(19,32)33;3-2(4,5)1(6)7/h3-10,18-19,28H,11-12H2,1-2H3,(H,25,26)(H,29,31);(H,6,7)/t18-,19?;/m0./s1. The zero-order valence-electron chi connectivity index (χ0n) is 22.8. The Hall–Kier alpha value is -4.00. The van der Waals surface area contributed by atoms with E-state index < -0.39 is 49.4 Å². The highest BCUT2D eigenvalue weighted by Gasteiger charge is 2.39. The highest BCUT2D eigenvalue weighted by molar-refractivity contribution is 7.90. The van der Waals surface area contributed by atoms with Gasteiger partial charge < -0.3 is 10.1 Å². The van der Waals surface area contributed by atoms with Crippen LogP contribution in [0, 0.1) is 6.92 Å². The second kappa shape index (κ2) is 12.2. The van der Waals surface area contributed by atoms with Gasteiger partial charge in [0.15, 0.2) is 0 Å². The van der Waals surface area contributed by atoms with E-state index in [0.717, 1.165) is 11.1 Å². The summed E-state index contributed by atoms with van der Waals surface area (Å²) in [6.07, 6.45) is -5.03. The van der Waals surface area contributed by atoms with Crippen molar-refractivity contribution in [2.75, 3.05) is 0 Å². The fourth-order valence-electron chi connectivity index (χ4n) is 4.44. The molecule has 1 aliphatic heterocycles. The molecule has 1 fully saturated rings. The maximum absolute atomic E-state index is 13.4. The van der Waals surface area contributed by atoms with E-state index in [4.69, 9.17) is 21.5 Å². The summed E-state index contributed by atoms with van der Waals surface area (Å²) in [6.45, 7) is 1.56. The van der Waals surface area contributed by atoms with Crippen molar-refractivity contribution in [1.82, 2.24) is 29.2 Å². The highest BCUT2D eigenvalue weighted by atomic mass is 35.5. The number of alkyl halides is 3. The fraction of sp³-hybridized carbons (Fsp3) is 0.280. The predicted octanol–water partition coefficient (Wildman–Crippen LogP) is 3.04. The number of aromatic amines is 1. The molecule has 0 bridgehead atoms. The van der Waals surface area contributed by atoms with Crippen molar-refractivity contribution in [2.24, 2.45) is 7.05 Å². The Kier molecular flexibility index (Phi) is 9.11. The molecule has 2 atom stereocenters. The molecular weight excluding hydrogens is 653 g/mol. The van der Waals surface area contributed by atoms with Crippen molar-refractivity contribution in [3.63, 3.8) is 0 Å². The number of imidazole rings is 1. The van der Waals surface area contributed by atoms with Crippen LogP contribution in [0.5, 0.6) is 0 Å². The molecule has 1 amide bonds. The lowest BCUT2D eigenvalue weighted by Gasteiger charge is -2.18. The molecule has 0 aliphatic carbocycles. The number of fused-ring (bicyclic) bond motifs is 1. The molecule has 13 nitrogen and oxygen atoms in total. The predicted molar refractivity (Wildman–Crippen MR) is 150 cm³/mol. The average Bonchev–Trinajstić information content (AvgIpc) is 3.55. The fourth-order valence-corrected chi connectivity index (χ4v) is 7.82. The van der Waals surface area contributed by atoms with Gasteiger partial charge in [-0.3, -0.25) is 14.2 Å². The first-order valence-corrected chi connectivity index (χ1v) is 15.9. The van der Waals surface area contributed by atoms with Gasteiger partial charge in [-0.15, -0.1) is 0 Å². The van der Waals surface area contributed by atoms with E-state index in [-0.39, 0.29) is 28.6 Å². The number of nitrogens with one attached hydrogen (secondary N) is 3. The lowest BCUT2D eigenvalue weighted by atomic mass is 10.0. The molecule has 4 aromatic rings. The Morgan fingerprint density at radius 1 is 1.20 bits per heavy atom. The minimum Gasteiger partial charge on any atom is -0.475 e. The van der Waals surface area contributed by atoms with E-state index in [0.29, 0.717) is 16.9 Å². The Bertz CT molecular complexity index is 1910. The molecule has 0 radical (unpaired) electrons. The van der Waals surface area contributed by atoms with E-state index in [1.165, 1.54) is 4.68 Å². The number of amides is 1. The first-order valence-electron chi connectivity index (χ1n) is 12.5. The number of sulfonamides is 2. The van der Waals surface area contributed by atoms with Crippen LogP contribution in [0.4, 0.5) is 13.2 Å². The summed E-state index contributed by atoms with van der Waals surface area (Å²) >= 11 is 6.25. The van der Waals surface area contributed by atoms with E-state index in [9.17, 15) is 34.8 Å². The molecule has 19 heteroatoms. The van der Waals surface area contributed by atoms with Crippen molar-refractivity contribution in [1.29, 1.82) is 0 Å². The van der Waals surface area contributed by atoms with E-state index in [2.05, 4.69) is 19.8 Å².